The third kappa shape index (κ3) is 4.49. The molecule has 2 aromatic carbocycles. The number of hydrogen-bond acceptors (Lipinski definition) is 3. The molecule has 0 fully saturated rings. The van der Waals surface area contributed by atoms with E-state index in [1.54, 1.807) is 0 Å². The van der Waals surface area contributed by atoms with Gasteiger partial charge in [-0.2, -0.15) is 5.06 Å². The number of carbonyl (C=O) groups is 1. The summed E-state index contributed by atoms with van der Waals surface area (Å²) in [5, 5.41) is 12.6. The molecule has 0 spiro atoms. The van der Waals surface area contributed by atoms with Gasteiger partial charge in [0, 0.05) is 18.2 Å². The maximum atomic E-state index is 13.0. The maximum absolute atomic E-state index is 13.0. The quantitative estimate of drug-likeness (QED) is 0.581. The van der Waals surface area contributed by atoms with Crippen molar-refractivity contribution in [2.45, 2.75) is 33.3 Å². The standard InChI is InChI=1S/C19H22F2N2O3/c1-4-13-5-8-17(12(2)9-13)26-11-15-10-14(18(20)21)6-7-16(15)23(25)19(24)22-3/h5-10,18,25H,4,11H2,1-3H3,(H,22,24). The van der Waals surface area contributed by atoms with Gasteiger partial charge in [0.1, 0.15) is 12.4 Å². The number of amides is 2. The number of aryl methyl sites for hydroxylation is 2. The summed E-state index contributed by atoms with van der Waals surface area (Å²) in [5.41, 5.74) is 2.22. The molecule has 0 atom stereocenters. The highest BCUT2D eigenvalue weighted by Crippen LogP contribution is 2.28. The summed E-state index contributed by atoms with van der Waals surface area (Å²) in [6.07, 6.45) is -1.77. The van der Waals surface area contributed by atoms with Crippen LogP contribution in [0.25, 0.3) is 0 Å². The number of halogens is 2. The molecule has 140 valence electrons. The lowest BCUT2D eigenvalue weighted by Gasteiger charge is -2.19. The topological polar surface area (TPSA) is 61.8 Å². The van der Waals surface area contributed by atoms with Crippen molar-refractivity contribution in [1.29, 1.82) is 0 Å². The van der Waals surface area contributed by atoms with Gasteiger partial charge in [-0.25, -0.2) is 13.6 Å². The Bertz CT molecular complexity index is 781. The maximum Gasteiger partial charge on any atom is 0.345 e. The molecule has 26 heavy (non-hydrogen) atoms. The summed E-state index contributed by atoms with van der Waals surface area (Å²) < 4.78 is 31.8. The van der Waals surface area contributed by atoms with Crippen molar-refractivity contribution < 1.29 is 23.5 Å². The molecule has 0 bridgehead atoms. The molecule has 7 heteroatoms. The Kier molecular flexibility index (Phi) is 6.52. The predicted octanol–water partition coefficient (Wildman–Crippen LogP) is 4.61. The van der Waals surface area contributed by atoms with Crippen LogP contribution in [0.2, 0.25) is 0 Å². The first-order valence-electron chi connectivity index (χ1n) is 8.21. The van der Waals surface area contributed by atoms with Crippen LogP contribution < -0.4 is 15.1 Å². The lowest BCUT2D eigenvalue weighted by atomic mass is 10.1. The van der Waals surface area contributed by atoms with Crippen LogP contribution in [-0.4, -0.2) is 18.3 Å². The Labute approximate surface area is 151 Å². The Hall–Kier alpha value is -2.67. The van der Waals surface area contributed by atoms with Crippen molar-refractivity contribution in [2.24, 2.45) is 0 Å². The summed E-state index contributed by atoms with van der Waals surface area (Å²) >= 11 is 0. The smallest absolute Gasteiger partial charge is 0.345 e. The largest absolute Gasteiger partial charge is 0.489 e. The van der Waals surface area contributed by atoms with Gasteiger partial charge < -0.3 is 10.1 Å². The van der Waals surface area contributed by atoms with E-state index in [-0.39, 0.29) is 23.4 Å². The van der Waals surface area contributed by atoms with E-state index in [0.717, 1.165) is 23.6 Å². The Morgan fingerprint density at radius 2 is 2.00 bits per heavy atom. The van der Waals surface area contributed by atoms with Crippen LogP contribution in [0.1, 0.15) is 35.6 Å². The number of benzene rings is 2. The minimum absolute atomic E-state index is 0.0732. The number of hydroxylamine groups is 1. The van der Waals surface area contributed by atoms with E-state index in [1.807, 2.05) is 32.0 Å². The minimum atomic E-state index is -2.67. The van der Waals surface area contributed by atoms with Crippen LogP contribution in [0.4, 0.5) is 19.3 Å². The second-order valence-corrected chi connectivity index (χ2v) is 5.80. The second kappa shape index (κ2) is 8.62. The molecule has 0 aromatic heterocycles. The molecule has 5 nitrogen and oxygen atoms in total. The summed E-state index contributed by atoms with van der Waals surface area (Å²) in [4.78, 5) is 11.7. The molecule has 0 saturated heterocycles. The van der Waals surface area contributed by atoms with Gasteiger partial charge in [-0.3, -0.25) is 5.21 Å². The van der Waals surface area contributed by atoms with Gasteiger partial charge in [-0.05, 0) is 42.7 Å². The Morgan fingerprint density at radius 3 is 2.58 bits per heavy atom. The van der Waals surface area contributed by atoms with Gasteiger partial charge in [0.05, 0.1) is 5.69 Å². The van der Waals surface area contributed by atoms with E-state index in [9.17, 15) is 18.8 Å². The zero-order valence-electron chi connectivity index (χ0n) is 14.9. The first-order valence-corrected chi connectivity index (χ1v) is 8.21. The Balaban J connectivity index is 2.30. The number of urea groups is 1. The molecule has 0 saturated carbocycles. The van der Waals surface area contributed by atoms with Crippen molar-refractivity contribution in [1.82, 2.24) is 5.32 Å². The van der Waals surface area contributed by atoms with E-state index in [4.69, 9.17) is 4.74 Å². The SMILES string of the molecule is CCc1ccc(OCc2cc(C(F)F)ccc2N(O)C(=O)NC)c(C)c1. The van der Waals surface area contributed by atoms with Crippen LogP contribution in [0.5, 0.6) is 5.75 Å². The van der Waals surface area contributed by atoms with Gasteiger partial charge in [-0.15, -0.1) is 0 Å². The van der Waals surface area contributed by atoms with Crippen molar-refractivity contribution in [3.63, 3.8) is 0 Å². The molecular weight excluding hydrogens is 342 g/mol. The van der Waals surface area contributed by atoms with E-state index in [1.165, 1.54) is 19.2 Å². The summed E-state index contributed by atoms with van der Waals surface area (Å²) in [6, 6.07) is 8.62. The fourth-order valence-corrected chi connectivity index (χ4v) is 2.53. The van der Waals surface area contributed by atoms with Crippen LogP contribution in [0, 0.1) is 6.92 Å². The van der Waals surface area contributed by atoms with Gasteiger partial charge in [0.2, 0.25) is 0 Å². The number of anilines is 1. The molecule has 0 aliphatic heterocycles. The monoisotopic (exact) mass is 364 g/mol. The van der Waals surface area contributed by atoms with E-state index in [2.05, 4.69) is 5.32 Å². The Morgan fingerprint density at radius 1 is 1.27 bits per heavy atom. The number of nitrogens with zero attached hydrogens (tertiary/aromatic N) is 1. The van der Waals surface area contributed by atoms with Crippen molar-refractivity contribution in [3.05, 3.63) is 58.7 Å². The number of ether oxygens (including phenoxy) is 1. The number of hydrogen-bond donors (Lipinski definition) is 2. The highest BCUT2D eigenvalue weighted by atomic mass is 19.3. The molecule has 0 aliphatic rings. The normalized spacial score (nSPS) is 10.7. The highest BCUT2D eigenvalue weighted by Gasteiger charge is 2.19. The number of rotatable bonds is 6. The third-order valence-electron chi connectivity index (χ3n) is 4.02. The average Bonchev–Trinajstić information content (AvgIpc) is 2.65. The summed E-state index contributed by atoms with van der Waals surface area (Å²) in [5.74, 6) is 0.611. The fourth-order valence-electron chi connectivity index (χ4n) is 2.53. The number of alkyl halides is 2. The van der Waals surface area contributed by atoms with Crippen LogP contribution in [0.15, 0.2) is 36.4 Å². The lowest BCUT2D eigenvalue weighted by Crippen LogP contribution is -2.36. The average molecular weight is 364 g/mol. The fraction of sp³-hybridized carbons (Fsp3) is 0.316. The second-order valence-electron chi connectivity index (χ2n) is 5.80. The molecule has 0 heterocycles. The molecule has 0 radical (unpaired) electrons. The molecule has 2 rings (SSSR count). The first-order chi connectivity index (χ1) is 12.4. The molecule has 0 aliphatic carbocycles. The van der Waals surface area contributed by atoms with E-state index >= 15 is 0 Å². The third-order valence-corrected chi connectivity index (χ3v) is 4.02. The number of nitrogens with one attached hydrogen (secondary N) is 1. The first kappa shape index (κ1) is 19.7. The zero-order chi connectivity index (χ0) is 19.3. The molecule has 2 N–H and O–H groups in total. The van der Waals surface area contributed by atoms with Gasteiger partial charge in [0.25, 0.3) is 6.43 Å². The number of carbonyl (C=O) groups excluding carboxylic acids is 1. The predicted molar refractivity (Wildman–Crippen MR) is 95.0 cm³/mol. The summed E-state index contributed by atoms with van der Waals surface area (Å²) in [6.45, 7) is 3.87. The lowest BCUT2D eigenvalue weighted by molar-refractivity contribution is 0.151. The van der Waals surface area contributed by atoms with E-state index in [0.29, 0.717) is 10.8 Å². The summed E-state index contributed by atoms with van der Waals surface area (Å²) in [7, 11) is 1.36. The molecule has 0 unspecified atom stereocenters. The van der Waals surface area contributed by atoms with E-state index < -0.39 is 12.5 Å². The highest BCUT2D eigenvalue weighted by molar-refractivity contribution is 5.90. The van der Waals surface area contributed by atoms with Crippen LogP contribution in [0.3, 0.4) is 0 Å². The van der Waals surface area contributed by atoms with Crippen molar-refractivity contribution in [2.75, 3.05) is 12.1 Å². The minimum Gasteiger partial charge on any atom is -0.489 e. The van der Waals surface area contributed by atoms with Gasteiger partial charge in [-0.1, -0.05) is 25.1 Å². The van der Waals surface area contributed by atoms with Crippen molar-refractivity contribution >= 4 is 11.7 Å². The zero-order valence-corrected chi connectivity index (χ0v) is 14.9. The van der Waals surface area contributed by atoms with Crippen LogP contribution in [-0.2, 0) is 13.0 Å². The molecule has 2 amide bonds. The molecule has 2 aromatic rings. The van der Waals surface area contributed by atoms with Crippen LogP contribution >= 0.6 is 0 Å². The van der Waals surface area contributed by atoms with Crippen molar-refractivity contribution in [3.8, 4) is 5.75 Å². The molecular formula is C19H22F2N2O3. The van der Waals surface area contributed by atoms with Gasteiger partial charge in [0.15, 0.2) is 0 Å². The van der Waals surface area contributed by atoms with Gasteiger partial charge >= 0.3 is 6.03 Å².